The number of carbonyl (C=O) groups excluding carboxylic acids is 1. The van der Waals surface area contributed by atoms with Crippen LogP contribution in [0.4, 0.5) is 5.69 Å². The van der Waals surface area contributed by atoms with Gasteiger partial charge in [-0.2, -0.15) is 0 Å². The van der Waals surface area contributed by atoms with Crippen molar-refractivity contribution in [3.63, 3.8) is 0 Å². The van der Waals surface area contributed by atoms with E-state index in [9.17, 15) is 14.9 Å². The fourth-order valence-electron chi connectivity index (χ4n) is 1.63. The van der Waals surface area contributed by atoms with Crippen LogP contribution in [0.1, 0.15) is 16.1 Å². The zero-order chi connectivity index (χ0) is 15.4. The van der Waals surface area contributed by atoms with E-state index >= 15 is 0 Å². The van der Waals surface area contributed by atoms with Crippen LogP contribution in [0.3, 0.4) is 0 Å². The van der Waals surface area contributed by atoms with E-state index in [2.05, 4.69) is 15.9 Å². The Morgan fingerprint density at radius 2 is 2.24 bits per heavy atom. The van der Waals surface area contributed by atoms with Gasteiger partial charge in [0.25, 0.3) is 11.6 Å². The highest BCUT2D eigenvalue weighted by Gasteiger charge is 2.18. The number of furan rings is 1. The molecule has 0 bridgehead atoms. The molecule has 1 amide bonds. The number of hydrogen-bond donors (Lipinski definition) is 2. The number of nitrogens with one attached hydrogen (secondary N) is 1. The molecule has 1 heterocycles. The summed E-state index contributed by atoms with van der Waals surface area (Å²) in [6.07, 6.45) is 1.33. The maximum atomic E-state index is 11.5. The summed E-state index contributed by atoms with van der Waals surface area (Å²) < 4.78 is 10.8. The van der Waals surface area contributed by atoms with Crippen molar-refractivity contribution in [2.45, 2.75) is 6.61 Å². The third kappa shape index (κ3) is 3.20. The molecule has 0 aliphatic rings. The van der Waals surface area contributed by atoms with E-state index in [1.807, 2.05) is 5.43 Å². The normalized spacial score (nSPS) is 10.2. The first-order valence-corrected chi connectivity index (χ1v) is 6.47. The van der Waals surface area contributed by atoms with Gasteiger partial charge in [0.05, 0.1) is 16.7 Å². The minimum absolute atomic E-state index is 0.0739. The zero-order valence-electron chi connectivity index (χ0n) is 10.5. The van der Waals surface area contributed by atoms with Crippen LogP contribution in [0, 0.1) is 10.1 Å². The van der Waals surface area contributed by atoms with Gasteiger partial charge < -0.3 is 9.15 Å². The van der Waals surface area contributed by atoms with E-state index < -0.39 is 10.8 Å². The fraction of sp³-hybridized carbons (Fsp3) is 0.0833. The first-order valence-electron chi connectivity index (χ1n) is 5.67. The van der Waals surface area contributed by atoms with Crippen LogP contribution in [-0.2, 0) is 6.61 Å². The van der Waals surface area contributed by atoms with Crippen LogP contribution in [0.5, 0.6) is 5.75 Å². The van der Waals surface area contributed by atoms with E-state index in [-0.39, 0.29) is 33.8 Å². The number of carbonyl (C=O) groups is 1. The van der Waals surface area contributed by atoms with Crippen LogP contribution >= 0.6 is 15.9 Å². The molecular formula is C12H10BrN3O5. The second-order valence-electron chi connectivity index (χ2n) is 3.87. The Kier molecular flexibility index (Phi) is 4.55. The van der Waals surface area contributed by atoms with Crippen molar-refractivity contribution in [3.05, 3.63) is 56.4 Å². The van der Waals surface area contributed by atoms with Crippen molar-refractivity contribution in [2.75, 3.05) is 0 Å². The number of halogens is 1. The number of rotatable bonds is 5. The third-order valence-corrected chi connectivity index (χ3v) is 3.42. The standard InChI is InChI=1S/C12H10BrN3O5/c13-11-8(16(18)19)2-1-3-9(11)21-6-10-7(4-5-20-10)12(17)15-14/h1-5H,6,14H2,(H,15,17). The minimum atomic E-state index is -0.531. The SMILES string of the molecule is NNC(=O)c1ccoc1COc1cccc([N+](=O)[O-])c1Br. The van der Waals surface area contributed by atoms with E-state index in [0.29, 0.717) is 0 Å². The van der Waals surface area contributed by atoms with Gasteiger partial charge in [-0.1, -0.05) is 6.07 Å². The summed E-state index contributed by atoms with van der Waals surface area (Å²) in [5.41, 5.74) is 2.10. The first kappa shape index (κ1) is 15.0. The van der Waals surface area contributed by atoms with Gasteiger partial charge >= 0.3 is 0 Å². The molecule has 0 unspecified atom stereocenters. The molecule has 9 heteroatoms. The fourth-order valence-corrected chi connectivity index (χ4v) is 2.15. The number of amides is 1. The largest absolute Gasteiger partial charge is 0.484 e. The quantitative estimate of drug-likeness (QED) is 0.366. The summed E-state index contributed by atoms with van der Waals surface area (Å²) in [5.74, 6) is 5.06. The molecule has 3 N–H and O–H groups in total. The maximum absolute atomic E-state index is 11.5. The Hall–Kier alpha value is -2.39. The molecule has 0 aliphatic heterocycles. The summed E-state index contributed by atoms with van der Waals surface area (Å²) in [7, 11) is 0. The Labute approximate surface area is 127 Å². The molecule has 0 atom stereocenters. The summed E-state index contributed by atoms with van der Waals surface area (Å²) in [6.45, 7) is -0.0739. The number of nitrogen functional groups attached to an aromatic ring is 1. The summed E-state index contributed by atoms with van der Waals surface area (Å²) in [6, 6.07) is 5.84. The Morgan fingerprint density at radius 3 is 2.90 bits per heavy atom. The molecule has 1 aromatic heterocycles. The highest BCUT2D eigenvalue weighted by atomic mass is 79.9. The van der Waals surface area contributed by atoms with Gasteiger partial charge in [0, 0.05) is 6.07 Å². The highest BCUT2D eigenvalue weighted by molar-refractivity contribution is 9.10. The van der Waals surface area contributed by atoms with Crippen molar-refractivity contribution in [1.29, 1.82) is 0 Å². The van der Waals surface area contributed by atoms with E-state index in [1.54, 1.807) is 6.07 Å². The predicted octanol–water partition coefficient (Wildman–Crippen LogP) is 2.13. The molecule has 110 valence electrons. The number of hydrogen-bond acceptors (Lipinski definition) is 6. The van der Waals surface area contributed by atoms with Gasteiger partial charge in [0.15, 0.2) is 5.76 Å². The highest BCUT2D eigenvalue weighted by Crippen LogP contribution is 2.34. The van der Waals surface area contributed by atoms with Crippen molar-refractivity contribution in [1.82, 2.24) is 5.43 Å². The Bertz CT molecular complexity index is 685. The lowest BCUT2D eigenvalue weighted by atomic mass is 10.2. The van der Waals surface area contributed by atoms with Crippen LogP contribution in [0.25, 0.3) is 0 Å². The molecule has 0 aliphatic carbocycles. The summed E-state index contributed by atoms with van der Waals surface area (Å²) in [5, 5.41) is 10.8. The first-order chi connectivity index (χ1) is 10.0. The van der Waals surface area contributed by atoms with Gasteiger partial charge in [-0.15, -0.1) is 0 Å². The second kappa shape index (κ2) is 6.37. The Morgan fingerprint density at radius 1 is 1.48 bits per heavy atom. The van der Waals surface area contributed by atoms with Gasteiger partial charge in [0.2, 0.25) is 0 Å². The summed E-state index contributed by atoms with van der Waals surface area (Å²) >= 11 is 3.11. The van der Waals surface area contributed by atoms with Gasteiger partial charge in [-0.3, -0.25) is 20.3 Å². The molecule has 21 heavy (non-hydrogen) atoms. The molecular weight excluding hydrogens is 346 g/mol. The molecule has 2 rings (SSSR count). The van der Waals surface area contributed by atoms with Crippen molar-refractivity contribution < 1.29 is 18.9 Å². The van der Waals surface area contributed by atoms with Crippen LogP contribution in [-0.4, -0.2) is 10.8 Å². The molecule has 2 aromatic rings. The number of nitrogens with zero attached hydrogens (tertiary/aromatic N) is 1. The molecule has 0 radical (unpaired) electrons. The zero-order valence-corrected chi connectivity index (χ0v) is 12.1. The number of hydrazine groups is 1. The monoisotopic (exact) mass is 355 g/mol. The van der Waals surface area contributed by atoms with Gasteiger partial charge in [0.1, 0.15) is 16.8 Å². The van der Waals surface area contributed by atoms with Crippen LogP contribution < -0.4 is 16.0 Å². The van der Waals surface area contributed by atoms with E-state index in [1.165, 1.54) is 24.5 Å². The molecule has 1 aromatic carbocycles. The number of nitro groups is 1. The second-order valence-corrected chi connectivity index (χ2v) is 4.66. The average molecular weight is 356 g/mol. The van der Waals surface area contributed by atoms with Gasteiger partial charge in [-0.25, -0.2) is 5.84 Å². The molecule has 8 nitrogen and oxygen atoms in total. The average Bonchev–Trinajstić information content (AvgIpc) is 2.93. The summed E-state index contributed by atoms with van der Waals surface area (Å²) in [4.78, 5) is 21.8. The van der Waals surface area contributed by atoms with Crippen LogP contribution in [0.2, 0.25) is 0 Å². The number of benzene rings is 1. The predicted molar refractivity (Wildman–Crippen MR) is 75.5 cm³/mol. The lowest BCUT2D eigenvalue weighted by Gasteiger charge is -2.07. The maximum Gasteiger partial charge on any atom is 0.287 e. The Balaban J connectivity index is 2.18. The molecule has 0 spiro atoms. The lowest BCUT2D eigenvalue weighted by Crippen LogP contribution is -2.30. The number of nitrogens with two attached hydrogens (primary N) is 1. The topological polar surface area (TPSA) is 121 Å². The minimum Gasteiger partial charge on any atom is -0.484 e. The van der Waals surface area contributed by atoms with Crippen LogP contribution in [0.15, 0.2) is 39.4 Å². The number of ether oxygens (including phenoxy) is 1. The van der Waals surface area contributed by atoms with E-state index in [4.69, 9.17) is 15.0 Å². The lowest BCUT2D eigenvalue weighted by molar-refractivity contribution is -0.385. The number of nitro benzene ring substituents is 1. The van der Waals surface area contributed by atoms with E-state index in [0.717, 1.165) is 0 Å². The van der Waals surface area contributed by atoms with Crippen molar-refractivity contribution >= 4 is 27.5 Å². The molecule has 0 saturated heterocycles. The van der Waals surface area contributed by atoms with Gasteiger partial charge in [-0.05, 0) is 28.1 Å². The van der Waals surface area contributed by atoms with Crippen molar-refractivity contribution in [2.24, 2.45) is 5.84 Å². The molecule has 0 saturated carbocycles. The smallest absolute Gasteiger partial charge is 0.287 e. The van der Waals surface area contributed by atoms with Crippen molar-refractivity contribution in [3.8, 4) is 5.75 Å². The third-order valence-electron chi connectivity index (χ3n) is 2.62. The molecule has 0 fully saturated rings.